The first-order chi connectivity index (χ1) is 13.7. The molecule has 156 valence electrons. The highest BCUT2D eigenvalue weighted by molar-refractivity contribution is 5.74. The van der Waals surface area contributed by atoms with E-state index in [2.05, 4.69) is 10.6 Å². The molecule has 0 saturated heterocycles. The van der Waals surface area contributed by atoms with Crippen LogP contribution in [0.25, 0.3) is 0 Å². The number of hydrogen-bond acceptors (Lipinski definition) is 4. The maximum atomic E-state index is 12.3. The van der Waals surface area contributed by atoms with E-state index in [4.69, 9.17) is 4.74 Å². The van der Waals surface area contributed by atoms with Crippen LogP contribution in [0, 0.1) is 0 Å². The van der Waals surface area contributed by atoms with Crippen LogP contribution in [0.15, 0.2) is 60.7 Å². The Labute approximate surface area is 172 Å². The molecule has 0 aromatic heterocycles. The third-order valence-corrected chi connectivity index (χ3v) is 4.24. The van der Waals surface area contributed by atoms with Crippen molar-refractivity contribution in [2.75, 3.05) is 6.54 Å². The lowest BCUT2D eigenvalue weighted by Gasteiger charge is -2.25. The lowest BCUT2D eigenvalue weighted by molar-refractivity contribution is -0.139. The number of aliphatic carboxylic acids is 1. The first-order valence-corrected chi connectivity index (χ1v) is 9.76. The quantitative estimate of drug-likeness (QED) is 0.603. The number of carboxylic acid groups (broad SMARTS) is 1. The van der Waals surface area contributed by atoms with Gasteiger partial charge in [0.15, 0.2) is 0 Å². The van der Waals surface area contributed by atoms with Crippen LogP contribution in [0.2, 0.25) is 0 Å². The molecule has 0 aliphatic heterocycles. The minimum atomic E-state index is -0.926. The zero-order valence-electron chi connectivity index (χ0n) is 17.2. The Morgan fingerprint density at radius 3 is 1.93 bits per heavy atom. The molecule has 3 N–H and O–H groups in total. The number of carbonyl (C=O) groups is 2. The van der Waals surface area contributed by atoms with Crippen molar-refractivity contribution in [3.63, 3.8) is 0 Å². The second-order valence-corrected chi connectivity index (χ2v) is 8.02. The molecule has 0 aliphatic rings. The molecule has 2 atom stereocenters. The van der Waals surface area contributed by atoms with Crippen molar-refractivity contribution < 1.29 is 19.4 Å². The van der Waals surface area contributed by atoms with E-state index in [1.165, 1.54) is 0 Å². The molecule has 2 aromatic carbocycles. The molecule has 0 fully saturated rings. The molecule has 0 heterocycles. The van der Waals surface area contributed by atoms with Gasteiger partial charge in [-0.3, -0.25) is 4.79 Å². The lowest BCUT2D eigenvalue weighted by atomic mass is 10.0. The molecule has 0 aliphatic carbocycles. The molecule has 0 spiro atoms. The summed E-state index contributed by atoms with van der Waals surface area (Å²) in [6.07, 6.45) is 0.404. The van der Waals surface area contributed by atoms with Crippen LogP contribution in [0.1, 0.15) is 31.9 Å². The SMILES string of the molecule is CC(C)(C)OC(=O)N[C@H](CNC(Cc1ccccc1)C(=O)O)Cc1ccccc1. The Kier molecular flexibility index (Phi) is 8.21. The van der Waals surface area contributed by atoms with Crippen molar-refractivity contribution in [3.05, 3.63) is 71.8 Å². The predicted molar refractivity (Wildman–Crippen MR) is 113 cm³/mol. The minimum Gasteiger partial charge on any atom is -0.480 e. The van der Waals surface area contributed by atoms with Gasteiger partial charge in [0.1, 0.15) is 11.6 Å². The monoisotopic (exact) mass is 398 g/mol. The summed E-state index contributed by atoms with van der Waals surface area (Å²) in [7, 11) is 0. The van der Waals surface area contributed by atoms with Gasteiger partial charge in [0, 0.05) is 12.6 Å². The molecule has 0 saturated carbocycles. The van der Waals surface area contributed by atoms with Crippen molar-refractivity contribution in [3.8, 4) is 0 Å². The molecule has 1 unspecified atom stereocenters. The van der Waals surface area contributed by atoms with E-state index in [-0.39, 0.29) is 6.04 Å². The summed E-state index contributed by atoms with van der Waals surface area (Å²) in [6.45, 7) is 5.71. The summed E-state index contributed by atoms with van der Waals surface area (Å²) in [5.74, 6) is -0.926. The van der Waals surface area contributed by atoms with Crippen molar-refractivity contribution in [1.29, 1.82) is 0 Å². The number of nitrogens with one attached hydrogen (secondary N) is 2. The van der Waals surface area contributed by atoms with E-state index in [0.29, 0.717) is 19.4 Å². The molecule has 6 nitrogen and oxygen atoms in total. The van der Waals surface area contributed by atoms with Crippen LogP contribution in [-0.2, 0) is 22.4 Å². The molecule has 29 heavy (non-hydrogen) atoms. The number of ether oxygens (including phenoxy) is 1. The summed E-state index contributed by atoms with van der Waals surface area (Å²) < 4.78 is 5.36. The van der Waals surface area contributed by atoms with E-state index in [0.717, 1.165) is 11.1 Å². The number of alkyl carbamates (subject to hydrolysis) is 1. The molecule has 6 heteroatoms. The summed E-state index contributed by atoms with van der Waals surface area (Å²) in [5, 5.41) is 15.5. The van der Waals surface area contributed by atoms with Gasteiger partial charge in [-0.15, -0.1) is 0 Å². The molecular formula is C23H30N2O4. The highest BCUT2D eigenvalue weighted by Crippen LogP contribution is 2.09. The third-order valence-electron chi connectivity index (χ3n) is 4.24. The number of amides is 1. The Morgan fingerprint density at radius 2 is 1.45 bits per heavy atom. The van der Waals surface area contributed by atoms with Gasteiger partial charge in [-0.2, -0.15) is 0 Å². The smallest absolute Gasteiger partial charge is 0.407 e. The van der Waals surface area contributed by atoms with Gasteiger partial charge in [0.2, 0.25) is 0 Å². The fraction of sp³-hybridized carbons (Fsp3) is 0.391. The van der Waals surface area contributed by atoms with Crippen LogP contribution in [0.3, 0.4) is 0 Å². The average molecular weight is 399 g/mol. The Bertz CT molecular complexity index is 772. The fourth-order valence-corrected chi connectivity index (χ4v) is 2.93. The molecule has 0 bridgehead atoms. The first-order valence-electron chi connectivity index (χ1n) is 9.76. The average Bonchev–Trinajstić information content (AvgIpc) is 2.64. The topological polar surface area (TPSA) is 87.7 Å². The van der Waals surface area contributed by atoms with Gasteiger partial charge in [-0.05, 0) is 44.7 Å². The van der Waals surface area contributed by atoms with Crippen molar-refractivity contribution in [2.24, 2.45) is 0 Å². The molecule has 0 radical (unpaired) electrons. The van der Waals surface area contributed by atoms with E-state index in [1.807, 2.05) is 60.7 Å². The van der Waals surface area contributed by atoms with E-state index >= 15 is 0 Å². The van der Waals surface area contributed by atoms with Gasteiger partial charge in [0.25, 0.3) is 0 Å². The van der Waals surface area contributed by atoms with E-state index < -0.39 is 23.7 Å². The minimum absolute atomic E-state index is 0.304. The van der Waals surface area contributed by atoms with Gasteiger partial charge in [-0.25, -0.2) is 4.79 Å². The highest BCUT2D eigenvalue weighted by Gasteiger charge is 2.23. The Balaban J connectivity index is 2.04. The number of carbonyl (C=O) groups excluding carboxylic acids is 1. The van der Waals surface area contributed by atoms with Crippen molar-refractivity contribution in [2.45, 2.75) is 51.3 Å². The van der Waals surface area contributed by atoms with Crippen LogP contribution in [0.5, 0.6) is 0 Å². The van der Waals surface area contributed by atoms with Crippen LogP contribution in [0.4, 0.5) is 4.79 Å². The van der Waals surface area contributed by atoms with E-state index in [1.54, 1.807) is 20.8 Å². The van der Waals surface area contributed by atoms with E-state index in [9.17, 15) is 14.7 Å². The summed E-state index contributed by atoms with van der Waals surface area (Å²) in [6, 6.07) is 18.1. The molecular weight excluding hydrogens is 368 g/mol. The summed E-state index contributed by atoms with van der Waals surface area (Å²) in [5.41, 5.74) is 1.38. The number of rotatable bonds is 9. The summed E-state index contributed by atoms with van der Waals surface area (Å²) >= 11 is 0. The zero-order chi connectivity index (χ0) is 21.3. The highest BCUT2D eigenvalue weighted by atomic mass is 16.6. The normalized spacial score (nSPS) is 13.3. The lowest BCUT2D eigenvalue weighted by Crippen LogP contribution is -2.49. The van der Waals surface area contributed by atoms with Crippen LogP contribution in [-0.4, -0.2) is 41.4 Å². The number of benzene rings is 2. The molecule has 2 aromatic rings. The van der Waals surface area contributed by atoms with Crippen molar-refractivity contribution >= 4 is 12.1 Å². The van der Waals surface area contributed by atoms with Gasteiger partial charge < -0.3 is 20.5 Å². The largest absolute Gasteiger partial charge is 0.480 e. The third kappa shape index (κ3) is 8.79. The van der Waals surface area contributed by atoms with Crippen LogP contribution >= 0.6 is 0 Å². The van der Waals surface area contributed by atoms with Gasteiger partial charge in [0.05, 0.1) is 0 Å². The standard InChI is InChI=1S/C23H30N2O4/c1-23(2,3)29-22(28)25-19(14-17-10-6-4-7-11-17)16-24-20(21(26)27)15-18-12-8-5-9-13-18/h4-13,19-20,24H,14-16H2,1-3H3,(H,25,28)(H,26,27)/t19-,20?/m0/s1. The Morgan fingerprint density at radius 1 is 0.931 bits per heavy atom. The maximum Gasteiger partial charge on any atom is 0.407 e. The molecule has 1 amide bonds. The molecule has 2 rings (SSSR count). The predicted octanol–water partition coefficient (Wildman–Crippen LogP) is 3.41. The first kappa shape index (κ1) is 22.4. The fourth-order valence-electron chi connectivity index (χ4n) is 2.93. The number of hydrogen-bond donors (Lipinski definition) is 3. The second-order valence-electron chi connectivity index (χ2n) is 8.02. The Hall–Kier alpha value is -2.86. The van der Waals surface area contributed by atoms with Gasteiger partial charge >= 0.3 is 12.1 Å². The number of carboxylic acids is 1. The van der Waals surface area contributed by atoms with Crippen molar-refractivity contribution in [1.82, 2.24) is 10.6 Å². The second kappa shape index (κ2) is 10.6. The zero-order valence-corrected chi connectivity index (χ0v) is 17.2. The van der Waals surface area contributed by atoms with Gasteiger partial charge in [-0.1, -0.05) is 60.7 Å². The summed E-state index contributed by atoms with van der Waals surface area (Å²) in [4.78, 5) is 24.0. The maximum absolute atomic E-state index is 12.3. The van der Waals surface area contributed by atoms with Crippen LogP contribution < -0.4 is 10.6 Å².